The van der Waals surface area contributed by atoms with Crippen molar-refractivity contribution < 1.29 is 14.3 Å². The maximum Gasteiger partial charge on any atom is 0.322 e. The predicted molar refractivity (Wildman–Crippen MR) is 97.2 cm³/mol. The molecule has 1 fully saturated rings. The molecule has 134 valence electrons. The number of terminal acetylenes is 1. The summed E-state index contributed by atoms with van der Waals surface area (Å²) in [5, 5.41) is 5.72. The van der Waals surface area contributed by atoms with Gasteiger partial charge in [-0.05, 0) is 38.0 Å². The Balaban J connectivity index is 1.97. The molecule has 1 aliphatic rings. The van der Waals surface area contributed by atoms with Gasteiger partial charge >= 0.3 is 6.03 Å². The van der Waals surface area contributed by atoms with E-state index in [4.69, 9.17) is 11.2 Å². The van der Waals surface area contributed by atoms with E-state index in [0.29, 0.717) is 30.9 Å². The summed E-state index contributed by atoms with van der Waals surface area (Å²) in [5.41, 5.74) is 1.36. The number of piperidine rings is 1. The van der Waals surface area contributed by atoms with Gasteiger partial charge < -0.3 is 20.3 Å². The molecule has 0 aromatic heterocycles. The van der Waals surface area contributed by atoms with Gasteiger partial charge in [0, 0.05) is 37.5 Å². The monoisotopic (exact) mass is 343 g/mol. The molecule has 2 rings (SSSR count). The van der Waals surface area contributed by atoms with Crippen molar-refractivity contribution in [2.24, 2.45) is 5.92 Å². The lowest BCUT2D eigenvalue weighted by molar-refractivity contribution is -0.126. The molecule has 0 aliphatic carbocycles. The number of rotatable bonds is 5. The number of nitrogens with zero attached hydrogens (tertiary/aromatic N) is 1. The molecule has 3 amide bonds. The Morgan fingerprint density at radius 3 is 2.92 bits per heavy atom. The fourth-order valence-corrected chi connectivity index (χ4v) is 2.91. The highest BCUT2D eigenvalue weighted by Crippen LogP contribution is 2.23. The lowest BCUT2D eigenvalue weighted by Crippen LogP contribution is -2.51. The molecule has 0 spiro atoms. The molecule has 2 atom stereocenters. The fourth-order valence-electron chi connectivity index (χ4n) is 2.91. The van der Waals surface area contributed by atoms with Gasteiger partial charge in [-0.25, -0.2) is 4.79 Å². The lowest BCUT2D eigenvalue weighted by Gasteiger charge is -2.37. The fraction of sp³-hybridized carbons (Fsp3) is 0.474. The third kappa shape index (κ3) is 5.23. The number of carbonyl (C=O) groups is 2. The molecule has 6 heteroatoms. The molecule has 0 bridgehead atoms. The second-order valence-electron chi connectivity index (χ2n) is 6.21. The van der Waals surface area contributed by atoms with Crippen molar-refractivity contribution in [2.45, 2.75) is 25.8 Å². The molecule has 1 aromatic carbocycles. The number of carbonyl (C=O) groups excluding carboxylic acids is 2. The average molecular weight is 343 g/mol. The molecule has 1 aliphatic heterocycles. The van der Waals surface area contributed by atoms with Gasteiger partial charge in [-0.15, -0.1) is 6.42 Å². The maximum atomic E-state index is 12.6. The zero-order valence-electron chi connectivity index (χ0n) is 14.7. The van der Waals surface area contributed by atoms with Gasteiger partial charge in [0.25, 0.3) is 0 Å². The van der Waals surface area contributed by atoms with E-state index < -0.39 is 0 Å². The van der Waals surface area contributed by atoms with Crippen LogP contribution in [0.5, 0.6) is 0 Å². The zero-order valence-corrected chi connectivity index (χ0v) is 14.7. The van der Waals surface area contributed by atoms with E-state index in [0.717, 1.165) is 12.8 Å². The number of likely N-dealkylation sites (tertiary alicyclic amines) is 1. The molecule has 1 heterocycles. The van der Waals surface area contributed by atoms with Gasteiger partial charge in [0.05, 0.1) is 12.5 Å². The van der Waals surface area contributed by atoms with Crippen LogP contribution in [-0.4, -0.2) is 49.7 Å². The van der Waals surface area contributed by atoms with Crippen molar-refractivity contribution in [2.75, 3.05) is 32.1 Å². The highest BCUT2D eigenvalue weighted by Gasteiger charge is 2.32. The Labute approximate surface area is 148 Å². The molecule has 0 unspecified atom stereocenters. The van der Waals surface area contributed by atoms with Crippen LogP contribution in [0.1, 0.15) is 25.3 Å². The Bertz CT molecular complexity index is 654. The number of nitrogens with one attached hydrogen (secondary N) is 2. The second-order valence-corrected chi connectivity index (χ2v) is 6.21. The second kappa shape index (κ2) is 9.09. The van der Waals surface area contributed by atoms with Gasteiger partial charge in [-0.1, -0.05) is 12.0 Å². The summed E-state index contributed by atoms with van der Waals surface area (Å²) in [6.45, 7) is 3.36. The highest BCUT2D eigenvalue weighted by molar-refractivity contribution is 5.90. The molecule has 1 aromatic rings. The normalized spacial score (nSPS) is 19.8. The number of benzene rings is 1. The van der Waals surface area contributed by atoms with Crippen LogP contribution >= 0.6 is 0 Å². The van der Waals surface area contributed by atoms with Crippen LogP contribution in [-0.2, 0) is 9.53 Å². The van der Waals surface area contributed by atoms with Crippen molar-refractivity contribution in [3.63, 3.8) is 0 Å². The summed E-state index contributed by atoms with van der Waals surface area (Å²) in [4.78, 5) is 26.6. The van der Waals surface area contributed by atoms with Crippen LogP contribution in [0.2, 0.25) is 0 Å². The first kappa shape index (κ1) is 18.8. The first-order valence-electron chi connectivity index (χ1n) is 8.46. The van der Waals surface area contributed by atoms with Crippen molar-refractivity contribution in [3.8, 4) is 12.3 Å². The quantitative estimate of drug-likeness (QED) is 0.635. The van der Waals surface area contributed by atoms with E-state index in [1.165, 1.54) is 0 Å². The van der Waals surface area contributed by atoms with Crippen LogP contribution in [0.3, 0.4) is 0 Å². The Morgan fingerprint density at radius 1 is 1.40 bits per heavy atom. The number of hydrogen-bond acceptors (Lipinski definition) is 3. The van der Waals surface area contributed by atoms with Gasteiger partial charge in [0.15, 0.2) is 0 Å². The zero-order chi connectivity index (χ0) is 18.2. The molecular weight excluding hydrogens is 318 g/mol. The van der Waals surface area contributed by atoms with E-state index in [1.54, 1.807) is 36.3 Å². The Hall–Kier alpha value is -2.52. The summed E-state index contributed by atoms with van der Waals surface area (Å²) in [5.74, 6) is 2.32. The average Bonchev–Trinajstić information content (AvgIpc) is 2.62. The number of amides is 3. The third-order valence-electron chi connectivity index (χ3n) is 4.40. The van der Waals surface area contributed by atoms with Crippen molar-refractivity contribution in [1.29, 1.82) is 0 Å². The summed E-state index contributed by atoms with van der Waals surface area (Å²) in [7, 11) is 1.59. The first-order chi connectivity index (χ1) is 12.0. The Morgan fingerprint density at radius 2 is 2.20 bits per heavy atom. The van der Waals surface area contributed by atoms with Crippen LogP contribution in [0.15, 0.2) is 24.3 Å². The van der Waals surface area contributed by atoms with E-state index in [1.807, 2.05) is 6.92 Å². The van der Waals surface area contributed by atoms with Crippen LogP contribution in [0, 0.1) is 18.3 Å². The molecular formula is C19H25N3O3. The standard InChI is InChI=1S/C19H25N3O3/c1-4-15-6-5-7-17(12-15)21-19(24)22-13-16(9-8-14(22)2)18(23)20-10-11-25-3/h1,5-7,12,14,16H,8-11,13H2,2-3H3,(H,20,23)(H,21,24)/t14-,16+/m0/s1. The van der Waals surface area contributed by atoms with Gasteiger partial charge in [0.1, 0.15) is 0 Å². The molecule has 25 heavy (non-hydrogen) atoms. The topological polar surface area (TPSA) is 70.7 Å². The minimum atomic E-state index is -0.212. The summed E-state index contributed by atoms with van der Waals surface area (Å²) < 4.78 is 4.94. The SMILES string of the molecule is C#Cc1cccc(NC(=O)N2C[C@H](C(=O)NCCOC)CC[C@@H]2C)c1. The van der Waals surface area contributed by atoms with Crippen LogP contribution in [0.4, 0.5) is 10.5 Å². The molecule has 0 saturated carbocycles. The minimum Gasteiger partial charge on any atom is -0.383 e. The van der Waals surface area contributed by atoms with Gasteiger partial charge in [-0.3, -0.25) is 4.79 Å². The molecule has 1 saturated heterocycles. The largest absolute Gasteiger partial charge is 0.383 e. The maximum absolute atomic E-state index is 12.6. The van der Waals surface area contributed by atoms with E-state index in [2.05, 4.69) is 16.6 Å². The van der Waals surface area contributed by atoms with E-state index in [9.17, 15) is 9.59 Å². The van der Waals surface area contributed by atoms with Crippen LogP contribution < -0.4 is 10.6 Å². The van der Waals surface area contributed by atoms with E-state index >= 15 is 0 Å². The number of ether oxygens (including phenoxy) is 1. The summed E-state index contributed by atoms with van der Waals surface area (Å²) in [6, 6.07) is 7.02. The lowest BCUT2D eigenvalue weighted by atomic mass is 9.93. The van der Waals surface area contributed by atoms with Crippen molar-refractivity contribution >= 4 is 17.6 Å². The highest BCUT2D eigenvalue weighted by atomic mass is 16.5. The van der Waals surface area contributed by atoms with Crippen molar-refractivity contribution in [3.05, 3.63) is 29.8 Å². The number of methoxy groups -OCH3 is 1. The number of anilines is 1. The van der Waals surface area contributed by atoms with Gasteiger partial charge in [0.2, 0.25) is 5.91 Å². The smallest absolute Gasteiger partial charge is 0.322 e. The summed E-state index contributed by atoms with van der Waals surface area (Å²) >= 11 is 0. The van der Waals surface area contributed by atoms with Gasteiger partial charge in [-0.2, -0.15) is 0 Å². The first-order valence-corrected chi connectivity index (χ1v) is 8.46. The Kier molecular flexibility index (Phi) is 6.84. The summed E-state index contributed by atoms with van der Waals surface area (Å²) in [6.07, 6.45) is 6.96. The number of hydrogen-bond donors (Lipinski definition) is 2. The van der Waals surface area contributed by atoms with E-state index in [-0.39, 0.29) is 23.9 Å². The molecule has 0 radical (unpaired) electrons. The third-order valence-corrected chi connectivity index (χ3v) is 4.40. The predicted octanol–water partition coefficient (Wildman–Crippen LogP) is 2.06. The van der Waals surface area contributed by atoms with Crippen molar-refractivity contribution in [1.82, 2.24) is 10.2 Å². The minimum absolute atomic E-state index is 0.0314. The number of urea groups is 1. The molecule has 2 N–H and O–H groups in total. The van der Waals surface area contributed by atoms with Crippen LogP contribution in [0.25, 0.3) is 0 Å². The molecule has 6 nitrogen and oxygen atoms in total.